The molecule has 15 radical (unpaired) electrons. The van der Waals surface area contributed by atoms with Gasteiger partial charge in [0.25, 0.3) is 0 Å². The molecule has 0 aromatic carbocycles. The van der Waals surface area contributed by atoms with Crippen molar-refractivity contribution < 1.29 is 29.5 Å². The zero-order valence-electron chi connectivity index (χ0n) is 39.0. The highest BCUT2D eigenvalue weighted by Gasteiger charge is 2.01. The van der Waals surface area contributed by atoms with Crippen LogP contribution in [0.4, 0.5) is 0 Å². The molecule has 0 aromatic heterocycles. The number of hydroxylamine groups is 2. The number of amides is 1. The summed E-state index contributed by atoms with van der Waals surface area (Å²) >= 11 is 0. The maximum absolute atomic E-state index is 10.5. The van der Waals surface area contributed by atoms with Crippen molar-refractivity contribution in [1.82, 2.24) is 5.06 Å². The third-order valence-corrected chi connectivity index (χ3v) is 3.05. The van der Waals surface area contributed by atoms with Gasteiger partial charge in [0.2, 0.25) is 5.91 Å². The van der Waals surface area contributed by atoms with E-state index in [2.05, 4.69) is 16.9 Å². The predicted molar refractivity (Wildman–Crippen MR) is 258 cm³/mol. The molecule has 0 heterocycles. The van der Waals surface area contributed by atoms with Gasteiger partial charge in [-0.15, -0.1) is 0 Å². The Morgan fingerprint density at radius 2 is 0.792 bits per heavy atom. The molecule has 1 unspecified atom stereocenters. The molecule has 4 N–H and O–H groups in total. The molecule has 0 saturated heterocycles. The Morgan fingerprint density at radius 1 is 0.604 bits per heavy atom. The molecule has 0 aliphatic carbocycles. The molecule has 327 valence electrons. The van der Waals surface area contributed by atoms with Gasteiger partial charge in [0.1, 0.15) is 5.78 Å². The Labute approximate surface area is 350 Å². The Balaban J connectivity index is -0.0000000113. The van der Waals surface area contributed by atoms with Crippen molar-refractivity contribution in [2.45, 2.75) is 227 Å². The van der Waals surface area contributed by atoms with Crippen LogP contribution in [0.3, 0.4) is 0 Å². The van der Waals surface area contributed by atoms with Crippen LogP contribution < -0.4 is 5.73 Å². The van der Waals surface area contributed by atoms with Gasteiger partial charge < -0.3 is 20.8 Å². The number of carboxylic acids is 1. The van der Waals surface area contributed by atoms with Gasteiger partial charge in [-0.2, -0.15) is 0 Å². The minimum Gasteiger partial charge on any atom is -0.481 e. The summed E-state index contributed by atoms with van der Waals surface area (Å²) in [6.45, 7) is 46.6. The average Bonchev–Trinajstić information content (AvgIpc) is 3.14. The van der Waals surface area contributed by atoms with Crippen LogP contribution >= 0.6 is 0 Å². The first kappa shape index (κ1) is 141. The molecule has 0 aliphatic rings. The first-order valence-electron chi connectivity index (χ1n) is 17.8. The summed E-state index contributed by atoms with van der Waals surface area (Å²) in [7, 11) is 3.05. The van der Waals surface area contributed by atoms with Gasteiger partial charge >= 0.3 is 5.97 Å². The Hall–Kier alpha value is -1.68. The number of oxime groups is 1. The highest BCUT2D eigenvalue weighted by atomic mass is 16.7. The largest absolute Gasteiger partial charge is 0.481 e. The van der Waals surface area contributed by atoms with E-state index in [1.54, 1.807) is 34.7 Å². The molecule has 0 saturated carbocycles. The molecular formula is C39H105B5N3O6. The van der Waals surface area contributed by atoms with Gasteiger partial charge in [-0.3, -0.25) is 14.4 Å². The highest BCUT2D eigenvalue weighted by molar-refractivity contribution is 5.80. The fourth-order valence-electron chi connectivity index (χ4n) is 0.395. The number of carbonyl (C=O) groups excluding carboxylic acids is 2. The lowest BCUT2D eigenvalue weighted by Crippen LogP contribution is -2.23. The topological polar surface area (TPSA) is 143 Å². The van der Waals surface area contributed by atoms with Crippen LogP contribution in [-0.2, 0) is 19.2 Å². The molecule has 0 bridgehead atoms. The Kier molecular flexibility index (Phi) is 600. The van der Waals surface area contributed by atoms with E-state index in [9.17, 15) is 14.4 Å². The lowest BCUT2D eigenvalue weighted by molar-refractivity contribution is -0.168. The molecule has 0 spiro atoms. The molecule has 1 amide bonds. The van der Waals surface area contributed by atoms with Crippen molar-refractivity contribution in [2.24, 2.45) is 10.9 Å². The number of hydrogen-bond donors (Lipinski definition) is 3. The van der Waals surface area contributed by atoms with Gasteiger partial charge in [0, 0.05) is 74.4 Å². The monoisotopic (exact) mass is 767 g/mol. The summed E-state index contributed by atoms with van der Waals surface area (Å²) < 4.78 is 0. The van der Waals surface area contributed by atoms with Crippen molar-refractivity contribution in [3.8, 4) is 0 Å². The highest BCUT2D eigenvalue weighted by Crippen LogP contribution is 1.86. The minimum atomic E-state index is -0.745. The maximum Gasteiger partial charge on any atom is 0.303 e. The summed E-state index contributed by atoms with van der Waals surface area (Å²) in [6, 6.07) is 0.384. The number of nitrogens with zero attached hydrogens (tertiary/aromatic N) is 2. The quantitative estimate of drug-likeness (QED) is 0.106. The predicted octanol–water partition coefficient (Wildman–Crippen LogP) is 12.1. The van der Waals surface area contributed by atoms with Gasteiger partial charge in [0.05, 0.1) is 12.8 Å². The first-order chi connectivity index (χ1) is 21.3. The lowest BCUT2D eigenvalue weighted by Gasteiger charge is -2.10. The third-order valence-electron chi connectivity index (χ3n) is 3.05. The number of Topliss-reactive ketones (excluding diaryl/α,β-unsaturated/α-hetero) is 1. The van der Waals surface area contributed by atoms with Crippen molar-refractivity contribution in [1.29, 1.82) is 0 Å². The van der Waals surface area contributed by atoms with E-state index in [1.165, 1.54) is 12.2 Å². The molecule has 0 fully saturated rings. The summed E-state index contributed by atoms with van der Waals surface area (Å²) in [4.78, 5) is 34.3. The van der Waals surface area contributed by atoms with Crippen molar-refractivity contribution in [3.05, 3.63) is 0 Å². The SMILES string of the molecule is C.C.C.CC.CC.CC.CC.CC.CC.CC.CC.CC/C(C)=N/O.CCC(=O)N(C)OC.CCC(=O)O.CCC(C)=O.CCC(C)N.[B].[B].[B].[B].[B]. The van der Waals surface area contributed by atoms with Crippen LogP contribution in [0.25, 0.3) is 0 Å². The molecule has 53 heavy (non-hydrogen) atoms. The molecule has 9 nitrogen and oxygen atoms in total. The van der Waals surface area contributed by atoms with Crippen LogP contribution in [0.2, 0.25) is 0 Å². The fraction of sp³-hybridized carbons (Fsp3) is 0.897. The van der Waals surface area contributed by atoms with Crippen molar-refractivity contribution in [3.63, 3.8) is 0 Å². The van der Waals surface area contributed by atoms with Crippen LogP contribution in [0.5, 0.6) is 0 Å². The van der Waals surface area contributed by atoms with Gasteiger partial charge in [-0.1, -0.05) is 173 Å². The van der Waals surface area contributed by atoms with Crippen LogP contribution in [0.1, 0.15) is 221 Å². The molecule has 1 atom stereocenters. The van der Waals surface area contributed by atoms with Gasteiger partial charge in [-0.05, 0) is 33.6 Å². The molecule has 14 heteroatoms. The Bertz CT molecular complexity index is 430. The number of aliphatic carboxylic acids is 1. The third kappa shape index (κ3) is 441. The number of carbonyl (C=O) groups is 3. The van der Waals surface area contributed by atoms with Crippen LogP contribution in [-0.4, -0.2) is 101 Å². The van der Waals surface area contributed by atoms with Crippen LogP contribution in [0.15, 0.2) is 5.16 Å². The standard InChI is InChI=1S/C5H11NO2.C4H9NO.C4H11N.C4H8O.C3H6O2.8C2H6.3CH4.5B/c1-4-5(7)6(2)8-3;1-3-4(2)5-6;2*1-3-4(2)5;1-2-3(4)5;8*1-2;;;;;;;;/h4H2,1-3H3;6H,3H2,1-2H3;4H,3,5H2,1-2H3;3H2,1-2H3;2H2,1H3,(H,4,5);8*1-2H3;3*1H4;;;;;/b;5-4+;;;;;;;;;;;;;;;;;;;. The van der Waals surface area contributed by atoms with Crippen molar-refractivity contribution in [2.75, 3.05) is 14.2 Å². The average molecular weight is 766 g/mol. The zero-order chi connectivity index (χ0) is 40.4. The van der Waals surface area contributed by atoms with E-state index < -0.39 is 5.97 Å². The second-order valence-corrected chi connectivity index (χ2v) is 5.80. The van der Waals surface area contributed by atoms with E-state index in [-0.39, 0.29) is 82.5 Å². The maximum atomic E-state index is 10.5. The first-order valence-corrected chi connectivity index (χ1v) is 17.8. The minimum absolute atomic E-state index is 0. The number of hydrogen-bond acceptors (Lipinski definition) is 7. The number of nitrogens with two attached hydrogens (primary N) is 1. The number of ketones is 1. The van der Waals surface area contributed by atoms with E-state index >= 15 is 0 Å². The molecular weight excluding hydrogens is 661 g/mol. The van der Waals surface area contributed by atoms with Crippen molar-refractivity contribution >= 4 is 65.4 Å². The molecule has 0 rings (SSSR count). The lowest BCUT2D eigenvalue weighted by atomic mass is 10.3. The summed E-state index contributed by atoms with van der Waals surface area (Å²) in [5, 5.41) is 19.8. The van der Waals surface area contributed by atoms with E-state index in [0.717, 1.165) is 18.6 Å². The van der Waals surface area contributed by atoms with E-state index in [0.29, 0.717) is 18.9 Å². The van der Waals surface area contributed by atoms with E-state index in [1.807, 2.05) is 132 Å². The smallest absolute Gasteiger partial charge is 0.303 e. The fourth-order valence-corrected chi connectivity index (χ4v) is 0.395. The normalized spacial score (nSPS) is 6.43. The summed E-state index contributed by atoms with van der Waals surface area (Å²) in [5.41, 5.74) is 6.06. The second-order valence-electron chi connectivity index (χ2n) is 5.80. The summed E-state index contributed by atoms with van der Waals surface area (Å²) in [5.74, 6) is -0.498. The Morgan fingerprint density at radius 3 is 0.811 bits per heavy atom. The molecule has 0 aliphatic heterocycles. The number of rotatable bonds is 6. The molecule has 0 aromatic rings. The van der Waals surface area contributed by atoms with Gasteiger partial charge in [0.15, 0.2) is 0 Å². The number of carboxylic acid groups (broad SMARTS) is 1. The van der Waals surface area contributed by atoms with E-state index in [4.69, 9.17) is 16.0 Å². The van der Waals surface area contributed by atoms with Crippen LogP contribution in [0, 0.1) is 0 Å². The summed E-state index contributed by atoms with van der Waals surface area (Å²) in [6.07, 6.45) is 3.29. The van der Waals surface area contributed by atoms with Gasteiger partial charge in [-0.25, -0.2) is 5.06 Å². The second kappa shape index (κ2) is 225. The zero-order valence-corrected chi connectivity index (χ0v) is 39.0.